The maximum absolute atomic E-state index is 11.7. The van der Waals surface area contributed by atoms with Crippen LogP contribution in [0.5, 0.6) is 0 Å². The molecule has 0 bridgehead atoms. The monoisotopic (exact) mass is 213 g/mol. The van der Waals surface area contributed by atoms with Gasteiger partial charge in [-0.15, -0.1) is 0 Å². The van der Waals surface area contributed by atoms with Crippen LogP contribution < -0.4 is 5.32 Å². The molecule has 5 heteroatoms. The van der Waals surface area contributed by atoms with Crippen LogP contribution >= 0.6 is 0 Å². The molecule has 0 radical (unpaired) electrons. The summed E-state index contributed by atoms with van der Waals surface area (Å²) in [5.74, 6) is 0.403. The van der Waals surface area contributed by atoms with Crippen molar-refractivity contribution in [2.75, 3.05) is 19.7 Å². The molecule has 1 N–H and O–H groups in total. The van der Waals surface area contributed by atoms with Crippen LogP contribution in [0.15, 0.2) is 0 Å². The molecular weight excluding hydrogens is 195 g/mol. The van der Waals surface area contributed by atoms with E-state index < -0.39 is 12.7 Å². The molecule has 2 nitrogen and oxygen atoms in total. The zero-order valence-electron chi connectivity index (χ0n) is 8.82. The largest absolute Gasteiger partial charge is 0.401 e. The maximum Gasteiger partial charge on any atom is 0.401 e. The van der Waals surface area contributed by atoms with Crippen LogP contribution in [0.1, 0.15) is 20.8 Å². The Bertz CT molecular complexity index is 147. The molecule has 86 valence electrons. The summed E-state index contributed by atoms with van der Waals surface area (Å²) in [6.45, 7) is 5.60. The van der Waals surface area contributed by atoms with Crippen LogP contribution in [0, 0.1) is 5.92 Å². The first-order valence-electron chi connectivity index (χ1n) is 4.70. The van der Waals surface area contributed by atoms with Gasteiger partial charge in [-0.05, 0) is 12.8 Å². The van der Waals surface area contributed by atoms with Crippen molar-refractivity contribution in [3.05, 3.63) is 0 Å². The number of rotatable bonds is 6. The standard InChI is InChI=1S/C9H18F3NO/c1-7(2)5-14-8(3)4-13-6-9(10,11)12/h7-8,13H,4-6H2,1-3H3. The Morgan fingerprint density at radius 2 is 1.79 bits per heavy atom. The summed E-state index contributed by atoms with van der Waals surface area (Å²) in [6, 6.07) is 0. The summed E-state index contributed by atoms with van der Waals surface area (Å²) in [6.07, 6.45) is -4.32. The highest BCUT2D eigenvalue weighted by molar-refractivity contribution is 4.60. The molecule has 14 heavy (non-hydrogen) atoms. The van der Waals surface area contributed by atoms with E-state index in [9.17, 15) is 13.2 Å². The molecule has 0 aromatic heterocycles. The van der Waals surface area contributed by atoms with E-state index in [1.165, 1.54) is 0 Å². The van der Waals surface area contributed by atoms with Crippen LogP contribution in [0.2, 0.25) is 0 Å². The summed E-state index contributed by atoms with van der Waals surface area (Å²) in [5, 5.41) is 2.30. The van der Waals surface area contributed by atoms with Gasteiger partial charge in [-0.2, -0.15) is 13.2 Å². The Labute approximate surface area is 82.8 Å². The number of hydrogen-bond donors (Lipinski definition) is 1. The minimum Gasteiger partial charge on any atom is -0.377 e. The van der Waals surface area contributed by atoms with Gasteiger partial charge in [0.2, 0.25) is 0 Å². The zero-order valence-corrected chi connectivity index (χ0v) is 8.82. The van der Waals surface area contributed by atoms with Crippen LogP contribution in [-0.2, 0) is 4.74 Å². The number of nitrogens with one attached hydrogen (secondary N) is 1. The fraction of sp³-hybridized carbons (Fsp3) is 1.00. The van der Waals surface area contributed by atoms with Gasteiger partial charge < -0.3 is 10.1 Å². The predicted molar refractivity (Wildman–Crippen MR) is 49.2 cm³/mol. The van der Waals surface area contributed by atoms with Crippen LogP contribution in [-0.4, -0.2) is 32.0 Å². The van der Waals surface area contributed by atoms with E-state index in [0.717, 1.165) is 0 Å². The molecule has 0 saturated heterocycles. The maximum atomic E-state index is 11.7. The first-order chi connectivity index (χ1) is 6.31. The van der Waals surface area contributed by atoms with Crippen molar-refractivity contribution >= 4 is 0 Å². The van der Waals surface area contributed by atoms with Crippen LogP contribution in [0.25, 0.3) is 0 Å². The number of halogens is 3. The lowest BCUT2D eigenvalue weighted by molar-refractivity contribution is -0.125. The molecule has 0 amide bonds. The Hall–Kier alpha value is -0.290. The molecule has 0 aliphatic rings. The first kappa shape index (κ1) is 13.7. The van der Waals surface area contributed by atoms with Gasteiger partial charge in [0.15, 0.2) is 0 Å². The van der Waals surface area contributed by atoms with Crippen molar-refractivity contribution < 1.29 is 17.9 Å². The minimum absolute atomic E-state index is 0.181. The molecule has 0 aliphatic heterocycles. The van der Waals surface area contributed by atoms with E-state index in [1.54, 1.807) is 6.92 Å². The van der Waals surface area contributed by atoms with E-state index in [4.69, 9.17) is 4.74 Å². The molecule has 0 saturated carbocycles. The van der Waals surface area contributed by atoms with Gasteiger partial charge >= 0.3 is 6.18 Å². The molecule has 1 atom stereocenters. The topological polar surface area (TPSA) is 21.3 Å². The van der Waals surface area contributed by atoms with E-state index in [-0.39, 0.29) is 12.6 Å². The van der Waals surface area contributed by atoms with Gasteiger partial charge in [0.05, 0.1) is 12.6 Å². The summed E-state index contributed by atoms with van der Waals surface area (Å²) in [4.78, 5) is 0. The Morgan fingerprint density at radius 1 is 1.21 bits per heavy atom. The van der Waals surface area contributed by atoms with Crippen molar-refractivity contribution in [3.63, 3.8) is 0 Å². The fourth-order valence-electron chi connectivity index (χ4n) is 0.833. The average Bonchev–Trinajstić information content (AvgIpc) is 1.98. The molecule has 0 aromatic rings. The smallest absolute Gasteiger partial charge is 0.377 e. The summed E-state index contributed by atoms with van der Waals surface area (Å²) >= 11 is 0. The van der Waals surface area contributed by atoms with Crippen molar-refractivity contribution in [1.29, 1.82) is 0 Å². The van der Waals surface area contributed by atoms with Gasteiger partial charge in [-0.3, -0.25) is 0 Å². The second-order valence-corrected chi connectivity index (χ2v) is 3.78. The molecule has 0 heterocycles. The molecule has 0 aliphatic carbocycles. The SMILES string of the molecule is CC(C)COC(C)CNCC(F)(F)F. The predicted octanol–water partition coefficient (Wildman–Crippen LogP) is 2.20. The number of hydrogen-bond acceptors (Lipinski definition) is 2. The summed E-state index contributed by atoms with van der Waals surface area (Å²) in [7, 11) is 0. The molecule has 0 fully saturated rings. The molecule has 1 unspecified atom stereocenters. The van der Waals surface area contributed by atoms with Crippen molar-refractivity contribution in [3.8, 4) is 0 Å². The summed E-state index contributed by atoms with van der Waals surface area (Å²) in [5.41, 5.74) is 0. The summed E-state index contributed by atoms with van der Waals surface area (Å²) < 4.78 is 40.4. The normalized spacial score (nSPS) is 14.8. The third kappa shape index (κ3) is 9.80. The minimum atomic E-state index is -4.14. The van der Waals surface area contributed by atoms with Crippen molar-refractivity contribution in [2.24, 2.45) is 5.92 Å². The van der Waals surface area contributed by atoms with Crippen LogP contribution in [0.4, 0.5) is 13.2 Å². The first-order valence-corrected chi connectivity index (χ1v) is 4.70. The number of alkyl halides is 3. The van der Waals surface area contributed by atoms with Crippen LogP contribution in [0.3, 0.4) is 0 Å². The van der Waals surface area contributed by atoms with E-state index >= 15 is 0 Å². The number of ether oxygens (including phenoxy) is 1. The van der Waals surface area contributed by atoms with Gasteiger partial charge in [-0.1, -0.05) is 13.8 Å². The van der Waals surface area contributed by atoms with E-state index in [2.05, 4.69) is 5.32 Å². The van der Waals surface area contributed by atoms with Crippen molar-refractivity contribution in [1.82, 2.24) is 5.32 Å². The van der Waals surface area contributed by atoms with E-state index in [0.29, 0.717) is 12.5 Å². The van der Waals surface area contributed by atoms with Gasteiger partial charge in [0, 0.05) is 13.2 Å². The Morgan fingerprint density at radius 3 is 2.21 bits per heavy atom. The molecule has 0 rings (SSSR count). The van der Waals surface area contributed by atoms with Gasteiger partial charge in [-0.25, -0.2) is 0 Å². The lowest BCUT2D eigenvalue weighted by Gasteiger charge is -2.16. The molecule has 0 aromatic carbocycles. The Balaban J connectivity index is 3.40. The van der Waals surface area contributed by atoms with Gasteiger partial charge in [0.25, 0.3) is 0 Å². The lowest BCUT2D eigenvalue weighted by Crippen LogP contribution is -2.35. The molecular formula is C9H18F3NO. The third-order valence-corrected chi connectivity index (χ3v) is 1.47. The lowest BCUT2D eigenvalue weighted by atomic mass is 10.2. The third-order valence-electron chi connectivity index (χ3n) is 1.47. The van der Waals surface area contributed by atoms with Gasteiger partial charge in [0.1, 0.15) is 0 Å². The van der Waals surface area contributed by atoms with E-state index in [1.807, 2.05) is 13.8 Å². The zero-order chi connectivity index (χ0) is 11.2. The highest BCUT2D eigenvalue weighted by atomic mass is 19.4. The average molecular weight is 213 g/mol. The highest BCUT2D eigenvalue weighted by Crippen LogP contribution is 2.12. The quantitative estimate of drug-likeness (QED) is 0.730. The molecule has 0 spiro atoms. The second-order valence-electron chi connectivity index (χ2n) is 3.78. The highest BCUT2D eigenvalue weighted by Gasteiger charge is 2.26. The van der Waals surface area contributed by atoms with Crippen molar-refractivity contribution in [2.45, 2.75) is 33.1 Å². The fourth-order valence-corrected chi connectivity index (χ4v) is 0.833. The second kappa shape index (κ2) is 6.24. The Kier molecular flexibility index (Phi) is 6.11.